The molecule has 1 atom stereocenters. The maximum absolute atomic E-state index is 11.6. The molecule has 1 unspecified atom stereocenters. The van der Waals surface area contributed by atoms with Crippen LogP contribution in [0.4, 0.5) is 0 Å². The number of hydrogen-bond donors (Lipinski definition) is 2. The van der Waals surface area contributed by atoms with Crippen LogP contribution in [0.5, 0.6) is 0 Å². The number of carbonyl (C=O) groups is 2. The molecule has 17 heavy (non-hydrogen) atoms. The number of carboxylic acids is 1. The molecule has 0 aliphatic carbocycles. The first-order valence-electron chi connectivity index (χ1n) is 5.48. The third-order valence-corrected chi connectivity index (χ3v) is 2.60. The van der Waals surface area contributed by atoms with Gasteiger partial charge in [0.05, 0.1) is 6.42 Å². The van der Waals surface area contributed by atoms with Gasteiger partial charge < -0.3 is 10.4 Å². The van der Waals surface area contributed by atoms with E-state index in [1.54, 1.807) is 0 Å². The zero-order valence-corrected chi connectivity index (χ0v) is 10.3. The Morgan fingerprint density at radius 3 is 2.53 bits per heavy atom. The van der Waals surface area contributed by atoms with E-state index in [1.165, 1.54) is 6.92 Å². The number of nitrogens with one attached hydrogen (secondary N) is 1. The molecule has 1 amide bonds. The van der Waals surface area contributed by atoms with E-state index in [0.29, 0.717) is 0 Å². The molecule has 0 fully saturated rings. The van der Waals surface area contributed by atoms with Gasteiger partial charge in [-0.1, -0.05) is 23.8 Å². The van der Waals surface area contributed by atoms with Crippen LogP contribution in [-0.4, -0.2) is 23.0 Å². The molecular formula is C13H17NO3. The second kappa shape index (κ2) is 5.48. The van der Waals surface area contributed by atoms with Gasteiger partial charge in [-0.25, -0.2) is 0 Å². The Hall–Kier alpha value is -1.84. The lowest BCUT2D eigenvalue weighted by Crippen LogP contribution is -2.39. The highest BCUT2D eigenvalue weighted by molar-refractivity contribution is 5.84. The highest BCUT2D eigenvalue weighted by atomic mass is 16.4. The minimum absolute atomic E-state index is 0.212. The van der Waals surface area contributed by atoms with Crippen molar-refractivity contribution in [2.75, 3.05) is 0 Å². The second-order valence-electron chi connectivity index (χ2n) is 4.23. The van der Waals surface area contributed by atoms with E-state index in [4.69, 9.17) is 5.11 Å². The van der Waals surface area contributed by atoms with Gasteiger partial charge in [0.2, 0.25) is 5.91 Å². The summed E-state index contributed by atoms with van der Waals surface area (Å²) in [6.45, 7) is 5.38. The number of hydrogen-bond acceptors (Lipinski definition) is 2. The summed E-state index contributed by atoms with van der Waals surface area (Å²) in [7, 11) is 0. The Morgan fingerprint density at radius 2 is 2.00 bits per heavy atom. The Bertz CT molecular complexity index is 440. The molecule has 0 saturated heterocycles. The predicted octanol–water partition coefficient (Wildman–Crippen LogP) is 1.44. The molecule has 0 heterocycles. The lowest BCUT2D eigenvalue weighted by molar-refractivity contribution is -0.141. The van der Waals surface area contributed by atoms with Crippen LogP contribution < -0.4 is 5.32 Å². The topological polar surface area (TPSA) is 66.4 Å². The van der Waals surface area contributed by atoms with E-state index >= 15 is 0 Å². The molecule has 4 heteroatoms. The summed E-state index contributed by atoms with van der Waals surface area (Å²) >= 11 is 0. The molecule has 1 aromatic carbocycles. The van der Waals surface area contributed by atoms with Crippen molar-refractivity contribution in [1.82, 2.24) is 5.32 Å². The highest BCUT2D eigenvalue weighted by Crippen LogP contribution is 2.11. The summed E-state index contributed by atoms with van der Waals surface area (Å²) in [5.74, 6) is -1.30. The van der Waals surface area contributed by atoms with Crippen molar-refractivity contribution in [2.24, 2.45) is 0 Å². The maximum Gasteiger partial charge on any atom is 0.325 e. The SMILES string of the molecule is Cc1ccc(CC(=O)NC(C)C(=O)O)c(C)c1. The molecule has 92 valence electrons. The van der Waals surface area contributed by atoms with Crippen molar-refractivity contribution in [3.63, 3.8) is 0 Å². The molecule has 0 aliphatic heterocycles. The first-order valence-corrected chi connectivity index (χ1v) is 5.48. The summed E-state index contributed by atoms with van der Waals surface area (Å²) in [4.78, 5) is 22.2. The number of aliphatic carboxylic acids is 1. The van der Waals surface area contributed by atoms with Crippen LogP contribution >= 0.6 is 0 Å². The zero-order valence-electron chi connectivity index (χ0n) is 10.3. The molecule has 0 bridgehead atoms. The highest BCUT2D eigenvalue weighted by Gasteiger charge is 2.14. The largest absolute Gasteiger partial charge is 0.480 e. The van der Waals surface area contributed by atoms with Gasteiger partial charge in [0, 0.05) is 0 Å². The molecule has 1 rings (SSSR count). The molecule has 0 radical (unpaired) electrons. The number of carbonyl (C=O) groups excluding carboxylic acids is 1. The van der Waals surface area contributed by atoms with Crippen LogP contribution in [0, 0.1) is 13.8 Å². The van der Waals surface area contributed by atoms with E-state index < -0.39 is 12.0 Å². The fourth-order valence-electron chi connectivity index (χ4n) is 1.57. The van der Waals surface area contributed by atoms with E-state index in [0.717, 1.165) is 16.7 Å². The van der Waals surface area contributed by atoms with Crippen LogP contribution in [0.2, 0.25) is 0 Å². The van der Waals surface area contributed by atoms with Gasteiger partial charge in [0.25, 0.3) is 0 Å². The molecule has 4 nitrogen and oxygen atoms in total. The van der Waals surface area contributed by atoms with Crippen molar-refractivity contribution in [3.8, 4) is 0 Å². The summed E-state index contributed by atoms with van der Waals surface area (Å²) in [6, 6.07) is 4.99. The fraction of sp³-hybridized carbons (Fsp3) is 0.385. The van der Waals surface area contributed by atoms with Crippen LogP contribution in [0.15, 0.2) is 18.2 Å². The molecule has 0 saturated carbocycles. The normalized spacial score (nSPS) is 11.9. The van der Waals surface area contributed by atoms with Crippen molar-refractivity contribution in [1.29, 1.82) is 0 Å². The Balaban J connectivity index is 2.65. The maximum atomic E-state index is 11.6. The van der Waals surface area contributed by atoms with Crippen molar-refractivity contribution >= 4 is 11.9 Å². The van der Waals surface area contributed by atoms with E-state index in [1.807, 2.05) is 32.0 Å². The fourth-order valence-corrected chi connectivity index (χ4v) is 1.57. The predicted molar refractivity (Wildman–Crippen MR) is 64.9 cm³/mol. The summed E-state index contributed by atoms with van der Waals surface area (Å²) in [5.41, 5.74) is 3.11. The average molecular weight is 235 g/mol. The van der Waals surface area contributed by atoms with E-state index in [9.17, 15) is 9.59 Å². The Morgan fingerprint density at radius 1 is 1.35 bits per heavy atom. The first-order chi connectivity index (χ1) is 7.90. The molecule has 0 aromatic heterocycles. The third kappa shape index (κ3) is 3.90. The van der Waals surface area contributed by atoms with Gasteiger partial charge in [-0.3, -0.25) is 9.59 Å². The number of benzene rings is 1. The van der Waals surface area contributed by atoms with Crippen LogP contribution in [-0.2, 0) is 16.0 Å². The number of aryl methyl sites for hydroxylation is 2. The quantitative estimate of drug-likeness (QED) is 0.829. The van der Waals surface area contributed by atoms with Crippen molar-refractivity contribution in [3.05, 3.63) is 34.9 Å². The van der Waals surface area contributed by atoms with Crippen LogP contribution in [0.3, 0.4) is 0 Å². The lowest BCUT2D eigenvalue weighted by Gasteiger charge is -2.10. The number of amides is 1. The van der Waals surface area contributed by atoms with Gasteiger partial charge in [-0.2, -0.15) is 0 Å². The molecule has 0 aliphatic rings. The minimum Gasteiger partial charge on any atom is -0.480 e. The monoisotopic (exact) mass is 235 g/mol. The average Bonchev–Trinajstić information content (AvgIpc) is 2.22. The van der Waals surface area contributed by atoms with E-state index in [2.05, 4.69) is 5.32 Å². The summed E-state index contributed by atoms with van der Waals surface area (Å²) < 4.78 is 0. The standard InChI is InChI=1S/C13H17NO3/c1-8-4-5-11(9(2)6-8)7-12(15)14-10(3)13(16)17/h4-6,10H,7H2,1-3H3,(H,14,15)(H,16,17). The molecule has 2 N–H and O–H groups in total. The Labute approximate surface area is 101 Å². The van der Waals surface area contributed by atoms with Gasteiger partial charge >= 0.3 is 5.97 Å². The molecule has 1 aromatic rings. The number of rotatable bonds is 4. The van der Waals surface area contributed by atoms with Crippen LogP contribution in [0.25, 0.3) is 0 Å². The van der Waals surface area contributed by atoms with Crippen LogP contribution in [0.1, 0.15) is 23.6 Å². The Kier molecular flexibility index (Phi) is 4.26. The van der Waals surface area contributed by atoms with E-state index in [-0.39, 0.29) is 12.3 Å². The van der Waals surface area contributed by atoms with Gasteiger partial charge in [0.1, 0.15) is 6.04 Å². The summed E-state index contributed by atoms with van der Waals surface area (Å²) in [5, 5.41) is 11.1. The van der Waals surface area contributed by atoms with Crippen molar-refractivity contribution in [2.45, 2.75) is 33.2 Å². The molecule has 0 spiro atoms. The van der Waals surface area contributed by atoms with Crippen molar-refractivity contribution < 1.29 is 14.7 Å². The smallest absolute Gasteiger partial charge is 0.325 e. The molecular weight excluding hydrogens is 218 g/mol. The third-order valence-electron chi connectivity index (χ3n) is 2.60. The zero-order chi connectivity index (χ0) is 13.0. The van der Waals surface area contributed by atoms with Gasteiger partial charge in [-0.15, -0.1) is 0 Å². The first kappa shape index (κ1) is 13.2. The minimum atomic E-state index is -1.03. The summed E-state index contributed by atoms with van der Waals surface area (Å²) in [6.07, 6.45) is 0.212. The van der Waals surface area contributed by atoms with Gasteiger partial charge in [-0.05, 0) is 31.9 Å². The van der Waals surface area contributed by atoms with Gasteiger partial charge in [0.15, 0.2) is 0 Å². The lowest BCUT2D eigenvalue weighted by atomic mass is 10.0. The second-order valence-corrected chi connectivity index (χ2v) is 4.23. The number of carboxylic acid groups (broad SMARTS) is 1.